The molecule has 0 bridgehead atoms. The number of fused-ring (bicyclic) bond motifs is 1. The summed E-state index contributed by atoms with van der Waals surface area (Å²) in [5.74, 6) is -1.24. The van der Waals surface area contributed by atoms with E-state index in [0.29, 0.717) is 71.5 Å². The second-order valence-corrected chi connectivity index (χ2v) is 17.4. The quantitative estimate of drug-likeness (QED) is 0.0743. The van der Waals surface area contributed by atoms with E-state index in [1.807, 2.05) is 32.2 Å². The Kier molecular flexibility index (Phi) is 33.0. The summed E-state index contributed by atoms with van der Waals surface area (Å²) < 4.78 is 37.4. The van der Waals surface area contributed by atoms with Gasteiger partial charge in [-0.25, -0.2) is 4.98 Å². The molecule has 4 aliphatic rings. The Balaban J connectivity index is 0. The second-order valence-electron chi connectivity index (χ2n) is 16.4. The van der Waals surface area contributed by atoms with Crippen LogP contribution in [0.4, 0.5) is 0 Å². The SMILES string of the molecule is C(COCCOCC1CO1)OCCOCC1CO1.C/C(=C\c1csc(C)n1)[C@@H]1C[C@@H]2O[C@]2(C)CCC[C@H](C)[C@H](O)[C@@H](C)C(=O)C(C)(C)[C@@H](O)CC(=O)N1.O.O=[N+]([O-])[O-].O=[N+]([O-])[O-].O=[N+]([O-])[O-].[Ga+3]. The maximum atomic E-state index is 13.2. The summed E-state index contributed by atoms with van der Waals surface area (Å²) in [7, 11) is 0. The first-order valence-corrected chi connectivity index (χ1v) is 21.7. The van der Waals surface area contributed by atoms with Crippen LogP contribution in [0.15, 0.2) is 11.0 Å². The Morgan fingerprint density at radius 1 is 0.881 bits per heavy atom. The number of carbonyl (C=O) groups is 2. The number of rotatable bonds is 15. The number of hydrogen-bond donors (Lipinski definition) is 3. The van der Waals surface area contributed by atoms with E-state index in [1.165, 1.54) is 0 Å². The molecule has 1 aromatic heterocycles. The third-order valence-corrected chi connectivity index (χ3v) is 11.4. The number of amides is 1. The number of hydrogen-bond acceptors (Lipinski definition) is 22. The van der Waals surface area contributed by atoms with Crippen molar-refractivity contribution in [1.82, 2.24) is 10.3 Å². The van der Waals surface area contributed by atoms with Crippen LogP contribution >= 0.6 is 11.3 Å². The number of ketones is 1. The third-order valence-electron chi connectivity index (χ3n) is 10.6. The number of aromatic nitrogens is 1. The average molecular weight is 1040 g/mol. The summed E-state index contributed by atoms with van der Waals surface area (Å²) >= 11 is 1.58. The Bertz CT molecular complexity index is 1580. The molecule has 1 amide bonds. The van der Waals surface area contributed by atoms with Crippen molar-refractivity contribution >= 4 is 48.9 Å². The Hall–Kier alpha value is -3.65. The van der Waals surface area contributed by atoms with Gasteiger partial charge in [-0.15, -0.1) is 11.3 Å². The molecule has 0 saturated carbocycles. The number of Topliss-reactive ketones (excluding diaryl/α,β-unsaturated/α-hetero) is 1. The van der Waals surface area contributed by atoms with Gasteiger partial charge in [0.05, 0.1) is 134 Å². The maximum absolute atomic E-state index is 13.2. The van der Waals surface area contributed by atoms with Crippen LogP contribution in [0, 0.1) is 70.1 Å². The van der Waals surface area contributed by atoms with Gasteiger partial charge in [0.1, 0.15) is 18.0 Å². The van der Waals surface area contributed by atoms with Gasteiger partial charge in [0.2, 0.25) is 5.91 Å². The summed E-state index contributed by atoms with van der Waals surface area (Å²) in [4.78, 5) is 55.5. The van der Waals surface area contributed by atoms with Crippen LogP contribution in [0.1, 0.15) is 84.3 Å². The van der Waals surface area contributed by atoms with Gasteiger partial charge in [-0.1, -0.05) is 34.1 Å². The number of aliphatic hydroxyl groups is 2. The van der Waals surface area contributed by atoms with Crippen LogP contribution in [0.25, 0.3) is 6.08 Å². The Morgan fingerprint density at radius 3 is 1.75 bits per heavy atom. The van der Waals surface area contributed by atoms with Crippen LogP contribution in [-0.2, 0) is 42.7 Å². The number of epoxide rings is 3. The number of aryl methyl sites for hydroxylation is 1. The minimum Gasteiger partial charge on any atom is -0.412 e. The Morgan fingerprint density at radius 2 is 1.33 bits per heavy atom. The fourth-order valence-corrected chi connectivity index (χ4v) is 7.08. The normalized spacial score (nSPS) is 27.4. The van der Waals surface area contributed by atoms with E-state index >= 15 is 0 Å². The number of nitrogens with one attached hydrogen (secondary N) is 1. The number of ether oxygens (including phenoxy) is 7. The molecular weight excluding hydrogens is 976 g/mol. The fourth-order valence-electron chi connectivity index (χ4n) is 6.51. The van der Waals surface area contributed by atoms with Gasteiger partial charge in [0.15, 0.2) is 0 Å². The fraction of sp³-hybridized carbons (Fsp3) is 0.821. The number of thiazole rings is 1. The molecule has 4 aliphatic heterocycles. The number of nitrogens with zero attached hydrogens (tertiary/aromatic N) is 4. The zero-order valence-corrected chi connectivity index (χ0v) is 42.1. The van der Waals surface area contributed by atoms with Gasteiger partial charge in [-0.3, -0.25) is 9.59 Å². The molecule has 4 fully saturated rings. The van der Waals surface area contributed by atoms with Gasteiger partial charge in [0, 0.05) is 17.7 Å². The molecule has 0 spiro atoms. The van der Waals surface area contributed by atoms with E-state index in [1.54, 1.807) is 32.1 Å². The van der Waals surface area contributed by atoms with E-state index in [2.05, 4.69) is 17.2 Å². The first-order valence-electron chi connectivity index (χ1n) is 20.9. The van der Waals surface area contributed by atoms with Crippen molar-refractivity contribution in [3.8, 4) is 0 Å². The minimum atomic E-state index is -1.75. The Labute approximate surface area is 405 Å². The molecule has 4 saturated heterocycles. The molecule has 28 heteroatoms. The predicted octanol–water partition coefficient (Wildman–Crippen LogP) is 1.98. The molecule has 0 aromatic carbocycles. The molecule has 0 aliphatic carbocycles. The van der Waals surface area contributed by atoms with Gasteiger partial charge in [-0.2, -0.15) is 0 Å². The zero-order valence-electron chi connectivity index (χ0n) is 38.9. The van der Waals surface area contributed by atoms with Gasteiger partial charge in [-0.05, 0) is 51.2 Å². The molecule has 0 radical (unpaired) electrons. The molecule has 382 valence electrons. The van der Waals surface area contributed by atoms with Crippen LogP contribution in [-0.4, -0.2) is 176 Å². The third kappa shape index (κ3) is 30.5. The van der Waals surface area contributed by atoms with Crippen LogP contribution in [0.3, 0.4) is 0 Å². The van der Waals surface area contributed by atoms with Crippen LogP contribution in [0.5, 0.6) is 0 Å². The van der Waals surface area contributed by atoms with Crippen molar-refractivity contribution in [2.75, 3.05) is 66.1 Å². The first-order chi connectivity index (χ1) is 30.4. The topological polar surface area (TPSA) is 404 Å². The molecule has 5 heterocycles. The number of aliphatic hydroxyl groups excluding tert-OH is 2. The molecule has 1 aromatic rings. The summed E-state index contributed by atoms with van der Waals surface area (Å²) in [5.41, 5.74) is 0.410. The van der Waals surface area contributed by atoms with E-state index in [0.717, 1.165) is 48.8 Å². The summed E-state index contributed by atoms with van der Waals surface area (Å²) in [6.45, 7) is 19.7. The minimum absolute atomic E-state index is 0. The van der Waals surface area contributed by atoms with E-state index in [9.17, 15) is 19.8 Å². The maximum Gasteiger partial charge on any atom is 3.00 e. The van der Waals surface area contributed by atoms with Crippen molar-refractivity contribution in [3.05, 3.63) is 67.6 Å². The molecule has 67 heavy (non-hydrogen) atoms. The van der Waals surface area contributed by atoms with Crippen LogP contribution in [0.2, 0.25) is 0 Å². The largest absolute Gasteiger partial charge is 3.00 e. The molecule has 2 unspecified atom stereocenters. The number of carbonyl (C=O) groups excluding carboxylic acids is 2. The zero-order chi connectivity index (χ0) is 49.3. The first kappa shape index (κ1) is 65.4. The summed E-state index contributed by atoms with van der Waals surface area (Å²) in [5, 5.41) is 72.0. The molecular formula is C39H66GaN5O21S. The van der Waals surface area contributed by atoms with Crippen molar-refractivity contribution < 1.29 is 73.7 Å². The van der Waals surface area contributed by atoms with E-state index in [4.69, 9.17) is 79.1 Å². The standard InChI is InChI=1S/C27H42N2O5S.C12H22O6.Ga.3NO3.H2O/c1-15-9-8-10-27(7)22(34-27)12-20(16(2)11-19-14-35-18(4)28-19)29-23(31)13-21(30)26(5,6)25(33)17(3)24(15)32;1(13-3-5-15-7-11-9-17-11)2-14-4-6-16-8-12-10-18-12;;3*2-1(3)4;/h11,14-15,17,20-22,24,30,32H,8-10,12-13H2,1-7H3,(H,29,31);11-12H,1-10H2;;;;;1H2/q;;+3;3*-1;/b16-11+;;;;;;/t15-,17+,20-,21-,22-,24-,27+;;;;;;/m0....../s1. The van der Waals surface area contributed by atoms with Crippen molar-refractivity contribution in [1.29, 1.82) is 0 Å². The molecule has 5 rings (SSSR count). The van der Waals surface area contributed by atoms with E-state index in [-0.39, 0.29) is 67.0 Å². The summed E-state index contributed by atoms with van der Waals surface area (Å²) in [6.07, 6.45) is 3.65. The van der Waals surface area contributed by atoms with Crippen LogP contribution < -0.4 is 5.32 Å². The second kappa shape index (κ2) is 33.8. The van der Waals surface area contributed by atoms with Gasteiger partial charge in [0.25, 0.3) is 0 Å². The molecule has 5 N–H and O–H groups in total. The predicted molar refractivity (Wildman–Crippen MR) is 241 cm³/mol. The monoisotopic (exact) mass is 1040 g/mol. The molecule has 26 nitrogen and oxygen atoms in total. The summed E-state index contributed by atoms with van der Waals surface area (Å²) in [6, 6.07) is -0.269. The van der Waals surface area contributed by atoms with Gasteiger partial charge >= 0.3 is 19.8 Å². The van der Waals surface area contributed by atoms with Crippen molar-refractivity contribution in [3.63, 3.8) is 0 Å². The van der Waals surface area contributed by atoms with Gasteiger partial charge < -0.3 is 100 Å². The smallest absolute Gasteiger partial charge is 0.412 e. The van der Waals surface area contributed by atoms with E-state index < -0.39 is 38.8 Å². The average Bonchev–Trinajstić information content (AvgIpc) is 4.15. The van der Waals surface area contributed by atoms with Crippen molar-refractivity contribution in [2.24, 2.45) is 17.3 Å². The molecule has 9 atom stereocenters. The van der Waals surface area contributed by atoms with Crippen molar-refractivity contribution in [2.45, 2.75) is 123 Å².